The molecule has 0 aliphatic heterocycles. The molecule has 0 saturated heterocycles. The van der Waals surface area contributed by atoms with Gasteiger partial charge in [0.15, 0.2) is 0 Å². The minimum absolute atomic E-state index is 0.00997. The van der Waals surface area contributed by atoms with E-state index in [1.165, 1.54) is 0 Å². The van der Waals surface area contributed by atoms with E-state index in [1.807, 2.05) is 0 Å². The van der Waals surface area contributed by atoms with Gasteiger partial charge < -0.3 is 14.9 Å². The third-order valence-corrected chi connectivity index (χ3v) is 3.10. The van der Waals surface area contributed by atoms with Gasteiger partial charge in [-0.3, -0.25) is 9.59 Å². The number of ether oxygens (including phenoxy) is 1. The third kappa shape index (κ3) is 4.66. The summed E-state index contributed by atoms with van der Waals surface area (Å²) in [6.45, 7) is -0.109. The maximum absolute atomic E-state index is 11.2. The number of rotatable bonds is 5. The molecule has 1 aromatic carbocycles. The van der Waals surface area contributed by atoms with Crippen LogP contribution in [-0.4, -0.2) is 22.2 Å². The monoisotopic (exact) mass is 380 g/mol. The summed E-state index contributed by atoms with van der Waals surface area (Å²) in [7, 11) is 0. The number of carboxylic acid groups (broad SMARTS) is 1. The highest BCUT2D eigenvalue weighted by Crippen LogP contribution is 2.32. The molecule has 0 aromatic heterocycles. The molecule has 0 saturated carbocycles. The van der Waals surface area contributed by atoms with Gasteiger partial charge >= 0.3 is 11.9 Å². The SMILES string of the molecule is O=C(O)CCC(=O)OCc1cc(Br)cc(Br)c1O. The number of benzene rings is 1. The molecule has 98 valence electrons. The molecule has 1 rings (SSSR count). The van der Waals surface area contributed by atoms with Crippen molar-refractivity contribution in [3.8, 4) is 5.75 Å². The summed E-state index contributed by atoms with van der Waals surface area (Å²) in [6.07, 6.45) is -0.460. The fourth-order valence-corrected chi connectivity index (χ4v) is 2.48. The lowest BCUT2D eigenvalue weighted by Crippen LogP contribution is -2.07. The van der Waals surface area contributed by atoms with Crippen LogP contribution in [0.15, 0.2) is 21.1 Å². The second kappa shape index (κ2) is 6.75. The lowest BCUT2D eigenvalue weighted by atomic mass is 10.2. The van der Waals surface area contributed by atoms with Gasteiger partial charge in [-0.1, -0.05) is 15.9 Å². The Morgan fingerprint density at radius 2 is 1.89 bits per heavy atom. The topological polar surface area (TPSA) is 83.8 Å². The Kier molecular flexibility index (Phi) is 5.61. The van der Waals surface area contributed by atoms with E-state index in [4.69, 9.17) is 9.84 Å². The lowest BCUT2D eigenvalue weighted by molar-refractivity contribution is -0.148. The number of carbonyl (C=O) groups excluding carboxylic acids is 1. The van der Waals surface area contributed by atoms with E-state index in [-0.39, 0.29) is 25.2 Å². The number of phenolic OH excluding ortho intramolecular Hbond substituents is 1. The highest BCUT2D eigenvalue weighted by Gasteiger charge is 2.11. The van der Waals surface area contributed by atoms with Crippen molar-refractivity contribution in [1.29, 1.82) is 0 Å². The number of hydrogen-bond donors (Lipinski definition) is 2. The molecular weight excluding hydrogens is 372 g/mol. The molecule has 2 N–H and O–H groups in total. The van der Waals surface area contributed by atoms with E-state index in [0.29, 0.717) is 10.0 Å². The average Bonchev–Trinajstić information content (AvgIpc) is 2.29. The first kappa shape index (κ1) is 15.0. The van der Waals surface area contributed by atoms with Crippen LogP contribution in [0.25, 0.3) is 0 Å². The normalized spacial score (nSPS) is 10.1. The molecule has 0 aliphatic rings. The standard InChI is InChI=1S/C11H10Br2O5/c12-7-3-6(11(17)8(13)4-7)5-18-10(16)2-1-9(14)15/h3-4,17H,1-2,5H2,(H,14,15). The largest absolute Gasteiger partial charge is 0.506 e. The molecule has 1 aromatic rings. The van der Waals surface area contributed by atoms with Crippen molar-refractivity contribution in [2.45, 2.75) is 19.4 Å². The quantitative estimate of drug-likeness (QED) is 0.766. The van der Waals surface area contributed by atoms with Crippen molar-refractivity contribution in [2.75, 3.05) is 0 Å². The van der Waals surface area contributed by atoms with Crippen LogP contribution >= 0.6 is 31.9 Å². The molecule has 0 unspecified atom stereocenters. The van der Waals surface area contributed by atoms with Crippen LogP contribution in [-0.2, 0) is 20.9 Å². The zero-order chi connectivity index (χ0) is 13.7. The van der Waals surface area contributed by atoms with Crippen LogP contribution in [0.5, 0.6) is 5.75 Å². The van der Waals surface area contributed by atoms with Crippen molar-refractivity contribution >= 4 is 43.8 Å². The van der Waals surface area contributed by atoms with Crippen LogP contribution in [0.3, 0.4) is 0 Å². The van der Waals surface area contributed by atoms with Crippen molar-refractivity contribution in [2.24, 2.45) is 0 Å². The number of carbonyl (C=O) groups is 2. The highest BCUT2D eigenvalue weighted by molar-refractivity contribution is 9.11. The lowest BCUT2D eigenvalue weighted by Gasteiger charge is -2.08. The minimum Gasteiger partial charge on any atom is -0.506 e. The number of phenols is 1. The zero-order valence-corrected chi connectivity index (χ0v) is 12.3. The first-order chi connectivity index (χ1) is 8.40. The Morgan fingerprint density at radius 3 is 2.50 bits per heavy atom. The first-order valence-corrected chi connectivity index (χ1v) is 6.53. The van der Waals surface area contributed by atoms with Gasteiger partial charge in [0.2, 0.25) is 0 Å². The molecule has 0 bridgehead atoms. The molecule has 18 heavy (non-hydrogen) atoms. The molecule has 0 heterocycles. The second-order valence-electron chi connectivity index (χ2n) is 3.45. The Balaban J connectivity index is 2.58. The number of esters is 1. The molecule has 5 nitrogen and oxygen atoms in total. The van der Waals surface area contributed by atoms with Crippen LogP contribution in [0.1, 0.15) is 18.4 Å². The Bertz CT molecular complexity index is 473. The molecule has 0 atom stereocenters. The van der Waals surface area contributed by atoms with Crippen LogP contribution < -0.4 is 0 Å². The summed E-state index contributed by atoms with van der Waals surface area (Å²) in [5.74, 6) is -1.68. The number of aromatic hydroxyl groups is 1. The Labute approximate surface area is 120 Å². The minimum atomic E-state index is -1.06. The van der Waals surface area contributed by atoms with Gasteiger partial charge in [0.1, 0.15) is 12.4 Å². The summed E-state index contributed by atoms with van der Waals surface area (Å²) >= 11 is 6.40. The van der Waals surface area contributed by atoms with Gasteiger partial charge in [-0.25, -0.2) is 0 Å². The fraction of sp³-hybridized carbons (Fsp3) is 0.273. The maximum atomic E-state index is 11.2. The van der Waals surface area contributed by atoms with Crippen LogP contribution in [0.2, 0.25) is 0 Å². The predicted molar refractivity (Wildman–Crippen MR) is 70.2 cm³/mol. The molecular formula is C11H10Br2O5. The van der Waals surface area contributed by atoms with Gasteiger partial charge in [0.05, 0.1) is 17.3 Å². The van der Waals surface area contributed by atoms with Gasteiger partial charge in [-0.2, -0.15) is 0 Å². The summed E-state index contributed by atoms with van der Waals surface area (Å²) in [5.41, 5.74) is 0.430. The first-order valence-electron chi connectivity index (χ1n) is 4.94. The van der Waals surface area contributed by atoms with Crippen molar-refractivity contribution in [3.63, 3.8) is 0 Å². The van der Waals surface area contributed by atoms with Gasteiger partial charge in [0, 0.05) is 10.0 Å². The number of hydrogen-bond acceptors (Lipinski definition) is 4. The number of halogens is 2. The smallest absolute Gasteiger partial charge is 0.306 e. The van der Waals surface area contributed by atoms with E-state index >= 15 is 0 Å². The summed E-state index contributed by atoms with van der Waals surface area (Å²) < 4.78 is 6.07. The van der Waals surface area contributed by atoms with Gasteiger partial charge in [-0.05, 0) is 28.1 Å². The van der Waals surface area contributed by atoms with E-state index in [0.717, 1.165) is 4.47 Å². The van der Waals surface area contributed by atoms with E-state index < -0.39 is 11.9 Å². The van der Waals surface area contributed by atoms with Crippen LogP contribution in [0, 0.1) is 0 Å². The van der Waals surface area contributed by atoms with Crippen LogP contribution in [0.4, 0.5) is 0 Å². The molecule has 0 radical (unpaired) electrons. The average molecular weight is 382 g/mol. The Hall–Kier alpha value is -1.08. The van der Waals surface area contributed by atoms with E-state index in [2.05, 4.69) is 31.9 Å². The number of aliphatic carboxylic acids is 1. The fourth-order valence-electron chi connectivity index (χ4n) is 1.17. The number of carboxylic acids is 1. The molecule has 0 fully saturated rings. The van der Waals surface area contributed by atoms with Crippen molar-refractivity contribution in [1.82, 2.24) is 0 Å². The summed E-state index contributed by atoms with van der Waals surface area (Å²) in [6, 6.07) is 3.27. The molecule has 0 spiro atoms. The van der Waals surface area contributed by atoms with E-state index in [9.17, 15) is 14.7 Å². The van der Waals surface area contributed by atoms with E-state index in [1.54, 1.807) is 12.1 Å². The summed E-state index contributed by atoms with van der Waals surface area (Å²) in [4.78, 5) is 21.5. The predicted octanol–water partition coefficient (Wildman–Crippen LogP) is 2.83. The molecule has 7 heteroatoms. The third-order valence-electron chi connectivity index (χ3n) is 2.04. The highest BCUT2D eigenvalue weighted by atomic mass is 79.9. The van der Waals surface area contributed by atoms with Crippen molar-refractivity contribution < 1.29 is 24.5 Å². The summed E-state index contributed by atoms with van der Waals surface area (Å²) in [5, 5.41) is 18.1. The van der Waals surface area contributed by atoms with Gasteiger partial charge in [0.25, 0.3) is 0 Å². The second-order valence-corrected chi connectivity index (χ2v) is 5.22. The van der Waals surface area contributed by atoms with Gasteiger partial charge in [-0.15, -0.1) is 0 Å². The molecule has 0 aliphatic carbocycles. The molecule has 0 amide bonds. The Morgan fingerprint density at radius 1 is 1.22 bits per heavy atom. The zero-order valence-electron chi connectivity index (χ0n) is 9.15. The van der Waals surface area contributed by atoms with Crippen molar-refractivity contribution in [3.05, 3.63) is 26.6 Å². The maximum Gasteiger partial charge on any atom is 0.306 e.